The second-order valence-electron chi connectivity index (χ2n) is 10.7. The highest BCUT2D eigenvalue weighted by Crippen LogP contribution is 2.30. The molecule has 2 aromatic heterocycles. The van der Waals surface area contributed by atoms with Gasteiger partial charge in [-0.25, -0.2) is 15.0 Å². The summed E-state index contributed by atoms with van der Waals surface area (Å²) in [5, 5.41) is 15.8. The third kappa shape index (κ3) is 7.65. The number of anilines is 2. The van der Waals surface area contributed by atoms with Crippen LogP contribution < -0.4 is 11.1 Å². The molecule has 0 unspecified atom stereocenters. The van der Waals surface area contributed by atoms with Gasteiger partial charge in [-0.2, -0.15) is 5.26 Å². The third-order valence-electron chi connectivity index (χ3n) is 7.73. The zero-order valence-electron chi connectivity index (χ0n) is 23.8. The third-order valence-corrected chi connectivity index (χ3v) is 9.57. The summed E-state index contributed by atoms with van der Waals surface area (Å²) >= 11 is 2.96. The number of carbonyl (C=O) groups excluding carboxylic acids is 2. The van der Waals surface area contributed by atoms with Crippen LogP contribution in [0.1, 0.15) is 61.7 Å². The maximum absolute atomic E-state index is 12.9. The minimum Gasteiger partial charge on any atom is -0.382 e. The van der Waals surface area contributed by atoms with Crippen LogP contribution in [0.2, 0.25) is 0 Å². The number of nitrogens with zero attached hydrogens (tertiary/aromatic N) is 6. The van der Waals surface area contributed by atoms with Gasteiger partial charge in [0, 0.05) is 61.3 Å². The lowest BCUT2D eigenvalue weighted by Gasteiger charge is -2.40. The number of nitriles is 1. The van der Waals surface area contributed by atoms with E-state index < -0.39 is 0 Å². The molecule has 0 radical (unpaired) electrons. The summed E-state index contributed by atoms with van der Waals surface area (Å²) in [6, 6.07) is 9.81. The van der Waals surface area contributed by atoms with Gasteiger partial charge in [-0.1, -0.05) is 30.3 Å². The van der Waals surface area contributed by atoms with Crippen molar-refractivity contribution in [2.75, 3.05) is 37.2 Å². The number of nitrogens with one attached hydrogen (secondary N) is 1. The first-order valence-corrected chi connectivity index (χ1v) is 16.3. The molecule has 12 heteroatoms. The summed E-state index contributed by atoms with van der Waals surface area (Å²) in [5.74, 6) is 0.719. The second-order valence-corrected chi connectivity index (χ2v) is 12.6. The Balaban J connectivity index is 1.13. The lowest BCUT2D eigenvalue weighted by Crippen LogP contribution is -2.48. The van der Waals surface area contributed by atoms with Crippen molar-refractivity contribution in [1.82, 2.24) is 24.8 Å². The summed E-state index contributed by atoms with van der Waals surface area (Å²) in [7, 11) is 0. The molecule has 2 aliphatic heterocycles. The minimum atomic E-state index is -0.162. The van der Waals surface area contributed by atoms with Gasteiger partial charge in [0.1, 0.15) is 17.5 Å². The molecule has 1 aromatic carbocycles. The molecule has 220 valence electrons. The fourth-order valence-electron chi connectivity index (χ4n) is 5.56. The van der Waals surface area contributed by atoms with Crippen LogP contribution in [0.5, 0.6) is 0 Å². The van der Waals surface area contributed by atoms with Gasteiger partial charge >= 0.3 is 0 Å². The van der Waals surface area contributed by atoms with E-state index in [1.807, 2.05) is 10.3 Å². The van der Waals surface area contributed by atoms with Crippen molar-refractivity contribution in [3.05, 3.63) is 45.9 Å². The number of amides is 2. The number of nitrogen functional groups attached to an aromatic ring is 1. The Labute approximate surface area is 254 Å². The van der Waals surface area contributed by atoms with Crippen LogP contribution in [0.25, 0.3) is 11.3 Å². The molecule has 5 rings (SSSR count). The predicted octanol–water partition coefficient (Wildman–Crippen LogP) is 4.71. The lowest BCUT2D eigenvalue weighted by atomic mass is 9.99. The van der Waals surface area contributed by atoms with Crippen molar-refractivity contribution < 1.29 is 9.59 Å². The standard InChI is InChI=1S/C30H36N8O2S2/c1-20(39)33-22-7-5-21(6-8-22)28-25(17-31)29(32)36-30(35-28)42-19-23-18-41-26(34-23)9-10-27(40)38-15-11-24(12-16-38)37-13-3-2-4-14-37/h5-8,18,24H,2-4,9-16,19H2,1H3,(H,33,39)(H2,32,35,36). The molecule has 10 nitrogen and oxygen atoms in total. The Bertz CT molecular complexity index is 1440. The molecule has 2 saturated heterocycles. The highest BCUT2D eigenvalue weighted by atomic mass is 32.2. The maximum Gasteiger partial charge on any atom is 0.222 e. The molecule has 0 saturated carbocycles. The monoisotopic (exact) mass is 604 g/mol. The first-order valence-electron chi connectivity index (χ1n) is 14.4. The molecule has 0 atom stereocenters. The fraction of sp³-hybridized carbons (Fsp3) is 0.467. The maximum atomic E-state index is 12.9. The number of thiazole rings is 1. The second kappa shape index (κ2) is 14.1. The summed E-state index contributed by atoms with van der Waals surface area (Å²) in [4.78, 5) is 42.5. The molecule has 0 bridgehead atoms. The molecule has 2 amide bonds. The van der Waals surface area contributed by atoms with Crippen LogP contribution in [0.15, 0.2) is 34.8 Å². The van der Waals surface area contributed by atoms with Crippen LogP contribution in [0, 0.1) is 11.3 Å². The van der Waals surface area contributed by atoms with Gasteiger partial charge in [0.25, 0.3) is 0 Å². The number of aryl methyl sites for hydroxylation is 1. The van der Waals surface area contributed by atoms with Gasteiger partial charge in [-0.05, 0) is 50.9 Å². The van der Waals surface area contributed by atoms with Crippen molar-refractivity contribution in [1.29, 1.82) is 5.26 Å². The van der Waals surface area contributed by atoms with Crippen LogP contribution >= 0.6 is 23.1 Å². The number of nitrogens with two attached hydrogens (primary N) is 1. The van der Waals surface area contributed by atoms with E-state index in [-0.39, 0.29) is 23.2 Å². The molecule has 42 heavy (non-hydrogen) atoms. The number of thioether (sulfide) groups is 1. The van der Waals surface area contributed by atoms with E-state index in [1.165, 1.54) is 51.0 Å². The van der Waals surface area contributed by atoms with E-state index in [1.54, 1.807) is 35.6 Å². The van der Waals surface area contributed by atoms with Crippen LogP contribution in [-0.4, -0.2) is 68.8 Å². The van der Waals surface area contributed by atoms with Crippen molar-refractivity contribution >= 4 is 46.4 Å². The SMILES string of the molecule is CC(=O)Nc1ccc(-c2nc(SCc3csc(CCC(=O)N4CCC(N5CCCCC5)CC4)n3)nc(N)c2C#N)cc1. The lowest BCUT2D eigenvalue weighted by molar-refractivity contribution is -0.132. The Morgan fingerprint density at radius 2 is 1.83 bits per heavy atom. The molecule has 0 spiro atoms. The van der Waals surface area contributed by atoms with Crippen molar-refractivity contribution in [2.24, 2.45) is 0 Å². The number of rotatable bonds is 9. The molecule has 2 fully saturated rings. The van der Waals surface area contributed by atoms with Crippen LogP contribution in [0.3, 0.4) is 0 Å². The number of likely N-dealkylation sites (tertiary alicyclic amines) is 2. The van der Waals surface area contributed by atoms with Crippen LogP contribution in [0.4, 0.5) is 11.5 Å². The van der Waals surface area contributed by atoms with E-state index in [4.69, 9.17) is 10.7 Å². The quantitative estimate of drug-likeness (QED) is 0.262. The van der Waals surface area contributed by atoms with Gasteiger partial charge in [0.2, 0.25) is 11.8 Å². The molecular weight excluding hydrogens is 569 g/mol. The average molecular weight is 605 g/mol. The van der Waals surface area contributed by atoms with Crippen molar-refractivity contribution in [3.63, 3.8) is 0 Å². The summed E-state index contributed by atoms with van der Waals surface area (Å²) in [6.45, 7) is 5.58. The topological polar surface area (TPSA) is 141 Å². The molecule has 4 heterocycles. The first-order chi connectivity index (χ1) is 20.4. The van der Waals surface area contributed by atoms with Crippen LogP contribution in [-0.2, 0) is 21.8 Å². The Morgan fingerprint density at radius 1 is 1.10 bits per heavy atom. The number of benzene rings is 1. The molecular formula is C30H36N8O2S2. The molecule has 3 N–H and O–H groups in total. The van der Waals surface area contributed by atoms with Crippen molar-refractivity contribution in [3.8, 4) is 17.3 Å². The highest BCUT2D eigenvalue weighted by molar-refractivity contribution is 7.98. The van der Waals surface area contributed by atoms with Gasteiger partial charge in [0.15, 0.2) is 5.16 Å². The number of carbonyl (C=O) groups is 2. The van der Waals surface area contributed by atoms with Gasteiger partial charge < -0.3 is 20.9 Å². The van der Waals surface area contributed by atoms with Gasteiger partial charge in [-0.3, -0.25) is 9.59 Å². The van der Waals surface area contributed by atoms with E-state index in [9.17, 15) is 14.9 Å². The number of piperidine rings is 2. The first kappa shape index (κ1) is 29.9. The molecule has 2 aliphatic rings. The van der Waals surface area contributed by atoms with E-state index in [0.717, 1.165) is 36.6 Å². The largest absolute Gasteiger partial charge is 0.382 e. The number of aromatic nitrogens is 3. The summed E-state index contributed by atoms with van der Waals surface area (Å²) < 4.78 is 0. The van der Waals surface area contributed by atoms with E-state index >= 15 is 0 Å². The average Bonchev–Trinajstić information content (AvgIpc) is 3.47. The highest BCUT2D eigenvalue weighted by Gasteiger charge is 2.27. The Morgan fingerprint density at radius 3 is 2.52 bits per heavy atom. The van der Waals surface area contributed by atoms with E-state index in [0.29, 0.717) is 46.7 Å². The summed E-state index contributed by atoms with van der Waals surface area (Å²) in [5.41, 5.74) is 9.02. The number of hydrogen-bond donors (Lipinski definition) is 2. The Kier molecular flexibility index (Phi) is 10.0. The van der Waals surface area contributed by atoms with Crippen molar-refractivity contribution in [2.45, 2.75) is 68.8 Å². The Hall–Kier alpha value is -3.53. The smallest absolute Gasteiger partial charge is 0.222 e. The normalized spacial score (nSPS) is 16.2. The summed E-state index contributed by atoms with van der Waals surface area (Å²) in [6.07, 6.45) is 7.24. The molecule has 0 aliphatic carbocycles. The van der Waals surface area contributed by atoms with E-state index in [2.05, 4.69) is 26.3 Å². The minimum absolute atomic E-state index is 0.119. The fourth-order valence-corrected chi connectivity index (χ4v) is 7.21. The van der Waals surface area contributed by atoms with Gasteiger partial charge in [-0.15, -0.1) is 11.3 Å². The van der Waals surface area contributed by atoms with Gasteiger partial charge in [0.05, 0.1) is 16.4 Å². The number of hydrogen-bond acceptors (Lipinski definition) is 10. The molecule has 3 aromatic rings. The predicted molar refractivity (Wildman–Crippen MR) is 166 cm³/mol. The zero-order chi connectivity index (χ0) is 29.5. The zero-order valence-corrected chi connectivity index (χ0v) is 25.5.